The van der Waals surface area contributed by atoms with E-state index in [1.807, 2.05) is 12.3 Å². The number of hydrogen-bond acceptors (Lipinski definition) is 3. The van der Waals surface area contributed by atoms with Gasteiger partial charge in [-0.05, 0) is 50.3 Å². The molecule has 3 nitrogen and oxygen atoms in total. The molecule has 0 unspecified atom stereocenters. The second kappa shape index (κ2) is 5.30. The lowest BCUT2D eigenvalue weighted by atomic mass is 9.91. The summed E-state index contributed by atoms with van der Waals surface area (Å²) >= 11 is 0. The second-order valence-electron chi connectivity index (χ2n) is 4.55. The minimum Gasteiger partial charge on any atom is -0.396 e. The Morgan fingerprint density at radius 3 is 2.88 bits per heavy atom. The van der Waals surface area contributed by atoms with E-state index < -0.39 is 0 Å². The van der Waals surface area contributed by atoms with E-state index in [-0.39, 0.29) is 6.61 Å². The Kier molecular flexibility index (Phi) is 3.78. The van der Waals surface area contributed by atoms with E-state index in [4.69, 9.17) is 5.11 Å². The molecular weight excluding hydrogens is 200 g/mol. The number of aliphatic hydroxyl groups excluding tert-OH is 1. The molecule has 0 spiro atoms. The topological polar surface area (TPSA) is 36.4 Å². The van der Waals surface area contributed by atoms with Crippen molar-refractivity contribution in [3.05, 3.63) is 23.9 Å². The Labute approximate surface area is 97.1 Å². The van der Waals surface area contributed by atoms with Crippen LogP contribution in [0.25, 0.3) is 0 Å². The molecule has 1 fully saturated rings. The first-order chi connectivity index (χ1) is 7.81. The zero-order chi connectivity index (χ0) is 11.4. The molecule has 0 aromatic carbocycles. The molecule has 1 aromatic heterocycles. The van der Waals surface area contributed by atoms with Gasteiger partial charge in [-0.15, -0.1) is 0 Å². The standard InChI is InChI=1S/C13H20N2O/c1-11-6-7-14-13(10-11)15(8-3-9-16)12-4-2-5-12/h6-7,10,12,16H,2-5,8-9H2,1H3. The lowest BCUT2D eigenvalue weighted by Gasteiger charge is -2.38. The van der Waals surface area contributed by atoms with Crippen LogP contribution in [-0.2, 0) is 0 Å². The summed E-state index contributed by atoms with van der Waals surface area (Å²) in [5, 5.41) is 8.94. The van der Waals surface area contributed by atoms with Crippen molar-refractivity contribution in [1.29, 1.82) is 0 Å². The number of aromatic nitrogens is 1. The van der Waals surface area contributed by atoms with Crippen molar-refractivity contribution in [3.8, 4) is 0 Å². The van der Waals surface area contributed by atoms with Gasteiger partial charge in [0, 0.05) is 25.4 Å². The van der Waals surface area contributed by atoms with Crippen molar-refractivity contribution in [1.82, 2.24) is 4.98 Å². The summed E-state index contributed by atoms with van der Waals surface area (Å²) in [4.78, 5) is 6.79. The number of aryl methyl sites for hydroxylation is 1. The van der Waals surface area contributed by atoms with Crippen LogP contribution in [0.5, 0.6) is 0 Å². The lowest BCUT2D eigenvalue weighted by Crippen LogP contribution is -2.41. The van der Waals surface area contributed by atoms with Gasteiger partial charge >= 0.3 is 0 Å². The van der Waals surface area contributed by atoms with Crippen LogP contribution >= 0.6 is 0 Å². The average Bonchev–Trinajstić information content (AvgIpc) is 2.21. The van der Waals surface area contributed by atoms with Gasteiger partial charge in [0.25, 0.3) is 0 Å². The first kappa shape index (κ1) is 11.4. The molecule has 3 heteroatoms. The van der Waals surface area contributed by atoms with Crippen molar-refractivity contribution < 1.29 is 5.11 Å². The number of hydrogen-bond donors (Lipinski definition) is 1. The van der Waals surface area contributed by atoms with Crippen molar-refractivity contribution in [2.45, 2.75) is 38.6 Å². The van der Waals surface area contributed by atoms with Crippen LogP contribution in [-0.4, -0.2) is 29.3 Å². The highest BCUT2D eigenvalue weighted by molar-refractivity contribution is 5.42. The number of nitrogens with zero attached hydrogens (tertiary/aromatic N) is 2. The first-order valence-corrected chi connectivity index (χ1v) is 6.11. The summed E-state index contributed by atoms with van der Waals surface area (Å²) < 4.78 is 0. The number of aliphatic hydroxyl groups is 1. The molecule has 1 saturated carbocycles. The van der Waals surface area contributed by atoms with E-state index in [1.165, 1.54) is 24.8 Å². The molecule has 2 rings (SSSR count). The van der Waals surface area contributed by atoms with Gasteiger partial charge in [0.2, 0.25) is 0 Å². The zero-order valence-electron chi connectivity index (χ0n) is 9.89. The number of rotatable bonds is 5. The summed E-state index contributed by atoms with van der Waals surface area (Å²) in [6.45, 7) is 3.27. The molecule has 0 aliphatic heterocycles. The maximum Gasteiger partial charge on any atom is 0.128 e. The Bertz CT molecular complexity index is 336. The van der Waals surface area contributed by atoms with Gasteiger partial charge in [-0.3, -0.25) is 0 Å². The molecule has 1 aromatic rings. The third kappa shape index (κ3) is 2.53. The minimum absolute atomic E-state index is 0.259. The summed E-state index contributed by atoms with van der Waals surface area (Å²) in [5.41, 5.74) is 1.25. The summed E-state index contributed by atoms with van der Waals surface area (Å²) in [6, 6.07) is 4.80. The molecular formula is C13H20N2O. The third-order valence-corrected chi connectivity index (χ3v) is 3.27. The van der Waals surface area contributed by atoms with Crippen molar-refractivity contribution >= 4 is 5.82 Å². The SMILES string of the molecule is Cc1ccnc(N(CCCO)C2CCC2)c1. The fraction of sp³-hybridized carbons (Fsp3) is 0.615. The van der Waals surface area contributed by atoms with E-state index in [9.17, 15) is 0 Å². The predicted molar refractivity (Wildman–Crippen MR) is 65.7 cm³/mol. The average molecular weight is 220 g/mol. The van der Waals surface area contributed by atoms with E-state index in [0.29, 0.717) is 6.04 Å². The van der Waals surface area contributed by atoms with Crippen molar-refractivity contribution in [2.24, 2.45) is 0 Å². The Balaban J connectivity index is 2.10. The first-order valence-electron chi connectivity index (χ1n) is 6.11. The van der Waals surface area contributed by atoms with E-state index in [0.717, 1.165) is 18.8 Å². The summed E-state index contributed by atoms with van der Waals surface area (Å²) in [6.07, 6.45) is 6.55. The molecule has 0 atom stereocenters. The highest BCUT2D eigenvalue weighted by Gasteiger charge is 2.25. The fourth-order valence-electron chi connectivity index (χ4n) is 2.10. The van der Waals surface area contributed by atoms with Crippen LogP contribution in [0.3, 0.4) is 0 Å². The normalized spacial score (nSPS) is 15.9. The Morgan fingerprint density at radius 2 is 2.31 bits per heavy atom. The molecule has 1 N–H and O–H groups in total. The van der Waals surface area contributed by atoms with E-state index in [1.54, 1.807) is 0 Å². The molecule has 1 aliphatic rings. The van der Waals surface area contributed by atoms with Crippen LogP contribution in [0.4, 0.5) is 5.82 Å². The van der Waals surface area contributed by atoms with Gasteiger partial charge in [0.15, 0.2) is 0 Å². The third-order valence-electron chi connectivity index (χ3n) is 3.27. The smallest absolute Gasteiger partial charge is 0.128 e. The van der Waals surface area contributed by atoms with Crippen LogP contribution in [0.15, 0.2) is 18.3 Å². The second-order valence-corrected chi connectivity index (χ2v) is 4.55. The monoisotopic (exact) mass is 220 g/mol. The molecule has 0 radical (unpaired) electrons. The lowest BCUT2D eigenvalue weighted by molar-refractivity contribution is 0.282. The number of pyridine rings is 1. The highest BCUT2D eigenvalue weighted by Crippen LogP contribution is 2.28. The van der Waals surface area contributed by atoms with Crippen molar-refractivity contribution in [3.63, 3.8) is 0 Å². The summed E-state index contributed by atoms with van der Waals surface area (Å²) in [7, 11) is 0. The quantitative estimate of drug-likeness (QED) is 0.826. The van der Waals surface area contributed by atoms with E-state index >= 15 is 0 Å². The maximum absolute atomic E-state index is 8.94. The van der Waals surface area contributed by atoms with Gasteiger partial charge < -0.3 is 10.0 Å². The minimum atomic E-state index is 0.259. The van der Waals surface area contributed by atoms with Gasteiger partial charge in [-0.1, -0.05) is 0 Å². The van der Waals surface area contributed by atoms with Gasteiger partial charge in [-0.2, -0.15) is 0 Å². The molecule has 1 heterocycles. The fourth-order valence-corrected chi connectivity index (χ4v) is 2.10. The predicted octanol–water partition coefficient (Wildman–Crippen LogP) is 2.13. The maximum atomic E-state index is 8.94. The van der Waals surface area contributed by atoms with E-state index in [2.05, 4.69) is 22.9 Å². The van der Waals surface area contributed by atoms with Crippen LogP contribution in [0, 0.1) is 6.92 Å². The van der Waals surface area contributed by atoms with Crippen LogP contribution in [0.2, 0.25) is 0 Å². The van der Waals surface area contributed by atoms with Crippen LogP contribution in [0.1, 0.15) is 31.2 Å². The summed E-state index contributed by atoms with van der Waals surface area (Å²) in [5.74, 6) is 1.07. The Morgan fingerprint density at radius 1 is 1.50 bits per heavy atom. The van der Waals surface area contributed by atoms with Crippen LogP contribution < -0.4 is 4.90 Å². The molecule has 0 bridgehead atoms. The highest BCUT2D eigenvalue weighted by atomic mass is 16.3. The Hall–Kier alpha value is -1.09. The molecule has 0 amide bonds. The molecule has 88 valence electrons. The van der Waals surface area contributed by atoms with Crippen molar-refractivity contribution in [2.75, 3.05) is 18.1 Å². The number of anilines is 1. The van der Waals surface area contributed by atoms with Gasteiger partial charge in [0.05, 0.1) is 0 Å². The zero-order valence-corrected chi connectivity index (χ0v) is 9.89. The molecule has 0 saturated heterocycles. The van der Waals surface area contributed by atoms with Gasteiger partial charge in [0.1, 0.15) is 5.82 Å². The van der Waals surface area contributed by atoms with Gasteiger partial charge in [-0.25, -0.2) is 4.98 Å². The largest absolute Gasteiger partial charge is 0.396 e. The molecule has 1 aliphatic carbocycles. The molecule has 16 heavy (non-hydrogen) atoms.